The van der Waals surface area contributed by atoms with Crippen molar-refractivity contribution >= 4 is 5.97 Å². The van der Waals surface area contributed by atoms with Crippen molar-refractivity contribution in [2.24, 2.45) is 11.3 Å². The predicted octanol–water partition coefficient (Wildman–Crippen LogP) is 2.36. The summed E-state index contributed by atoms with van der Waals surface area (Å²) < 4.78 is 0. The molecular weight excluding hydrogens is 202 g/mol. The molecule has 2 rings (SSSR count). The van der Waals surface area contributed by atoms with Gasteiger partial charge >= 0.3 is 5.97 Å². The fraction of sp³-hybridized carbons (Fsp3) is 0.923. The van der Waals surface area contributed by atoms with Gasteiger partial charge in [-0.3, -0.25) is 9.69 Å². The van der Waals surface area contributed by atoms with Crippen molar-refractivity contribution < 1.29 is 9.90 Å². The summed E-state index contributed by atoms with van der Waals surface area (Å²) >= 11 is 0. The Kier molecular flexibility index (Phi) is 3.24. The van der Waals surface area contributed by atoms with E-state index < -0.39 is 5.97 Å². The fourth-order valence-corrected chi connectivity index (χ4v) is 3.09. The molecule has 3 nitrogen and oxygen atoms in total. The highest BCUT2D eigenvalue weighted by atomic mass is 16.4. The topological polar surface area (TPSA) is 40.5 Å². The molecule has 0 spiro atoms. The van der Waals surface area contributed by atoms with Crippen molar-refractivity contribution in [2.45, 2.75) is 52.0 Å². The first-order valence-corrected chi connectivity index (χ1v) is 6.45. The van der Waals surface area contributed by atoms with Gasteiger partial charge in [-0.1, -0.05) is 20.3 Å². The van der Waals surface area contributed by atoms with Crippen molar-refractivity contribution in [1.82, 2.24) is 4.90 Å². The van der Waals surface area contributed by atoms with Gasteiger partial charge in [-0.15, -0.1) is 0 Å². The van der Waals surface area contributed by atoms with Crippen LogP contribution in [0.2, 0.25) is 0 Å². The molecule has 0 radical (unpaired) electrons. The lowest BCUT2D eigenvalue weighted by molar-refractivity contribution is -0.139. The van der Waals surface area contributed by atoms with Gasteiger partial charge in [-0.2, -0.15) is 0 Å². The standard InChI is InChI=1S/C13H23NO2/c1-13(2)7-3-4-11(13)14(9-12(15)16)8-10-5-6-10/h10-11H,3-9H2,1-2H3,(H,15,16). The summed E-state index contributed by atoms with van der Waals surface area (Å²) in [5.74, 6) is 0.0964. The van der Waals surface area contributed by atoms with E-state index in [0.29, 0.717) is 11.5 Å². The molecule has 1 N–H and O–H groups in total. The summed E-state index contributed by atoms with van der Waals surface area (Å²) in [4.78, 5) is 13.2. The highest BCUT2D eigenvalue weighted by Gasteiger charge is 2.40. The van der Waals surface area contributed by atoms with E-state index in [9.17, 15) is 4.79 Å². The second-order valence-electron chi connectivity index (χ2n) is 6.16. The van der Waals surface area contributed by atoms with E-state index in [-0.39, 0.29) is 6.54 Å². The number of hydrogen-bond acceptors (Lipinski definition) is 2. The summed E-state index contributed by atoms with van der Waals surface area (Å²) in [5, 5.41) is 9.01. The summed E-state index contributed by atoms with van der Waals surface area (Å²) in [5.41, 5.74) is 0.296. The van der Waals surface area contributed by atoms with Gasteiger partial charge in [0.25, 0.3) is 0 Å². The highest BCUT2D eigenvalue weighted by Crippen LogP contribution is 2.42. The van der Waals surface area contributed by atoms with E-state index in [1.807, 2.05) is 0 Å². The van der Waals surface area contributed by atoms with Gasteiger partial charge in [0.1, 0.15) is 0 Å². The molecule has 16 heavy (non-hydrogen) atoms. The molecule has 2 fully saturated rings. The smallest absolute Gasteiger partial charge is 0.317 e. The van der Waals surface area contributed by atoms with Crippen LogP contribution in [0, 0.1) is 11.3 Å². The lowest BCUT2D eigenvalue weighted by atomic mass is 9.86. The Balaban J connectivity index is 2.01. The van der Waals surface area contributed by atoms with Crippen LogP contribution in [-0.2, 0) is 4.79 Å². The molecule has 1 unspecified atom stereocenters. The summed E-state index contributed by atoms with van der Waals surface area (Å²) in [6.07, 6.45) is 6.25. The average molecular weight is 225 g/mol. The third kappa shape index (κ3) is 2.76. The van der Waals surface area contributed by atoms with Crippen LogP contribution in [-0.4, -0.2) is 35.1 Å². The van der Waals surface area contributed by atoms with E-state index in [2.05, 4.69) is 18.7 Å². The minimum atomic E-state index is -0.677. The molecule has 2 aliphatic rings. The van der Waals surface area contributed by atoms with Crippen LogP contribution in [0.1, 0.15) is 46.0 Å². The Labute approximate surface area is 97.8 Å². The van der Waals surface area contributed by atoms with Gasteiger partial charge in [0.15, 0.2) is 0 Å². The third-order valence-electron chi connectivity index (χ3n) is 4.17. The van der Waals surface area contributed by atoms with Crippen molar-refractivity contribution in [3.8, 4) is 0 Å². The fourth-order valence-electron chi connectivity index (χ4n) is 3.09. The van der Waals surface area contributed by atoms with Gasteiger partial charge in [0.2, 0.25) is 0 Å². The number of carbonyl (C=O) groups is 1. The first-order chi connectivity index (χ1) is 7.49. The molecular formula is C13H23NO2. The van der Waals surface area contributed by atoms with Gasteiger partial charge in [-0.05, 0) is 37.0 Å². The molecule has 1 atom stereocenters. The van der Waals surface area contributed by atoms with Crippen LogP contribution >= 0.6 is 0 Å². The van der Waals surface area contributed by atoms with Gasteiger partial charge in [0.05, 0.1) is 6.54 Å². The molecule has 0 amide bonds. The first kappa shape index (κ1) is 11.9. The van der Waals surface area contributed by atoms with Crippen LogP contribution in [0.5, 0.6) is 0 Å². The van der Waals surface area contributed by atoms with E-state index in [0.717, 1.165) is 12.5 Å². The molecule has 0 aromatic heterocycles. The van der Waals surface area contributed by atoms with Crippen LogP contribution < -0.4 is 0 Å². The van der Waals surface area contributed by atoms with E-state index in [1.54, 1.807) is 0 Å². The number of hydrogen-bond donors (Lipinski definition) is 1. The molecule has 0 aliphatic heterocycles. The molecule has 2 saturated carbocycles. The second kappa shape index (κ2) is 4.36. The van der Waals surface area contributed by atoms with Crippen molar-refractivity contribution in [1.29, 1.82) is 0 Å². The lowest BCUT2D eigenvalue weighted by Crippen LogP contribution is -2.45. The number of aliphatic carboxylic acids is 1. The normalized spacial score (nSPS) is 28.6. The predicted molar refractivity (Wildman–Crippen MR) is 63.4 cm³/mol. The van der Waals surface area contributed by atoms with Crippen LogP contribution in [0.4, 0.5) is 0 Å². The van der Waals surface area contributed by atoms with Crippen LogP contribution in [0.3, 0.4) is 0 Å². The molecule has 92 valence electrons. The van der Waals surface area contributed by atoms with Crippen LogP contribution in [0.15, 0.2) is 0 Å². The maximum absolute atomic E-state index is 10.9. The maximum atomic E-state index is 10.9. The first-order valence-electron chi connectivity index (χ1n) is 6.45. The molecule has 0 saturated heterocycles. The van der Waals surface area contributed by atoms with E-state index in [4.69, 9.17) is 5.11 Å². The Bertz CT molecular complexity index is 271. The van der Waals surface area contributed by atoms with Gasteiger partial charge < -0.3 is 5.11 Å². The Morgan fingerprint density at radius 3 is 2.50 bits per heavy atom. The number of carboxylic acids is 1. The molecule has 2 aliphatic carbocycles. The lowest BCUT2D eigenvalue weighted by Gasteiger charge is -2.36. The largest absolute Gasteiger partial charge is 0.480 e. The van der Waals surface area contributed by atoms with Crippen molar-refractivity contribution in [3.05, 3.63) is 0 Å². The highest BCUT2D eigenvalue weighted by molar-refractivity contribution is 5.69. The quantitative estimate of drug-likeness (QED) is 0.781. The van der Waals surface area contributed by atoms with Gasteiger partial charge in [0, 0.05) is 12.6 Å². The van der Waals surface area contributed by atoms with E-state index in [1.165, 1.54) is 32.1 Å². The molecule has 0 aromatic rings. The monoisotopic (exact) mass is 225 g/mol. The zero-order chi connectivity index (χ0) is 11.8. The zero-order valence-electron chi connectivity index (χ0n) is 10.4. The van der Waals surface area contributed by atoms with Crippen LogP contribution in [0.25, 0.3) is 0 Å². The number of rotatable bonds is 5. The molecule has 3 heteroatoms. The van der Waals surface area contributed by atoms with Crippen molar-refractivity contribution in [2.75, 3.05) is 13.1 Å². The Hall–Kier alpha value is -0.570. The summed E-state index contributed by atoms with van der Waals surface area (Å²) in [6, 6.07) is 0.476. The van der Waals surface area contributed by atoms with E-state index >= 15 is 0 Å². The Morgan fingerprint density at radius 1 is 1.38 bits per heavy atom. The molecule has 0 bridgehead atoms. The maximum Gasteiger partial charge on any atom is 0.317 e. The summed E-state index contributed by atoms with van der Waals surface area (Å²) in [6.45, 7) is 5.80. The molecule has 0 aromatic carbocycles. The molecule has 0 heterocycles. The zero-order valence-corrected chi connectivity index (χ0v) is 10.4. The minimum absolute atomic E-state index is 0.227. The van der Waals surface area contributed by atoms with Gasteiger partial charge in [-0.25, -0.2) is 0 Å². The SMILES string of the molecule is CC1(C)CCCC1N(CC(=O)O)CC1CC1. The summed E-state index contributed by atoms with van der Waals surface area (Å²) in [7, 11) is 0. The third-order valence-corrected chi connectivity index (χ3v) is 4.17. The second-order valence-corrected chi connectivity index (χ2v) is 6.16. The average Bonchev–Trinajstić information content (AvgIpc) is 2.88. The minimum Gasteiger partial charge on any atom is -0.480 e. The number of carboxylic acid groups (broad SMARTS) is 1. The Morgan fingerprint density at radius 2 is 2.06 bits per heavy atom. The van der Waals surface area contributed by atoms with Crippen molar-refractivity contribution in [3.63, 3.8) is 0 Å². The number of nitrogens with zero attached hydrogens (tertiary/aromatic N) is 1.